The summed E-state index contributed by atoms with van der Waals surface area (Å²) in [6.45, 7) is 2.23. The van der Waals surface area contributed by atoms with Gasteiger partial charge in [0.1, 0.15) is 5.75 Å². The molecule has 1 saturated heterocycles. The molecule has 1 heterocycles. The van der Waals surface area contributed by atoms with Crippen LogP contribution in [-0.4, -0.2) is 37.6 Å². The number of amides is 1. The van der Waals surface area contributed by atoms with Crippen LogP contribution in [0.25, 0.3) is 0 Å². The molecule has 0 spiro atoms. The third kappa shape index (κ3) is 3.28. The van der Waals surface area contributed by atoms with E-state index in [0.717, 1.165) is 36.2 Å². The first-order chi connectivity index (χ1) is 9.15. The number of hydrogen-bond acceptors (Lipinski definition) is 3. The molecule has 1 atom stereocenters. The average molecular weight is 327 g/mol. The molecular formula is C14H19BrN2O2. The number of halogens is 1. The summed E-state index contributed by atoms with van der Waals surface area (Å²) in [6, 6.07) is 5.42. The van der Waals surface area contributed by atoms with E-state index in [1.807, 2.05) is 17.0 Å². The number of rotatable bonds is 3. The quantitative estimate of drug-likeness (QED) is 0.927. The van der Waals surface area contributed by atoms with Crippen LogP contribution in [0.15, 0.2) is 22.7 Å². The molecule has 0 aliphatic carbocycles. The molecule has 104 valence electrons. The Labute approximate surface area is 122 Å². The fourth-order valence-corrected chi connectivity index (χ4v) is 2.96. The summed E-state index contributed by atoms with van der Waals surface area (Å²) in [6.07, 6.45) is 2.15. The number of carbonyl (C=O) groups is 1. The highest BCUT2D eigenvalue weighted by atomic mass is 79.9. The van der Waals surface area contributed by atoms with Crippen molar-refractivity contribution in [1.29, 1.82) is 0 Å². The van der Waals surface area contributed by atoms with Crippen LogP contribution in [0.4, 0.5) is 0 Å². The van der Waals surface area contributed by atoms with Crippen molar-refractivity contribution in [2.45, 2.75) is 12.8 Å². The highest BCUT2D eigenvalue weighted by Crippen LogP contribution is 2.27. The minimum Gasteiger partial charge on any atom is -0.496 e. The minimum atomic E-state index is 0.0708. The lowest BCUT2D eigenvalue weighted by molar-refractivity contribution is 0.0678. The Kier molecular flexibility index (Phi) is 4.82. The third-order valence-electron chi connectivity index (χ3n) is 3.54. The van der Waals surface area contributed by atoms with Gasteiger partial charge in [-0.05, 0) is 59.4 Å². The van der Waals surface area contributed by atoms with Gasteiger partial charge in [-0.1, -0.05) is 0 Å². The van der Waals surface area contributed by atoms with Crippen LogP contribution >= 0.6 is 15.9 Å². The lowest BCUT2D eigenvalue weighted by atomic mass is 9.97. The summed E-state index contributed by atoms with van der Waals surface area (Å²) in [5.74, 6) is 1.23. The van der Waals surface area contributed by atoms with E-state index in [1.165, 1.54) is 0 Å². The molecule has 0 bridgehead atoms. The van der Waals surface area contributed by atoms with Gasteiger partial charge in [-0.3, -0.25) is 4.79 Å². The Morgan fingerprint density at radius 2 is 2.37 bits per heavy atom. The van der Waals surface area contributed by atoms with E-state index in [2.05, 4.69) is 15.9 Å². The molecule has 4 nitrogen and oxygen atoms in total. The second-order valence-corrected chi connectivity index (χ2v) is 5.70. The maximum atomic E-state index is 12.4. The largest absolute Gasteiger partial charge is 0.496 e. The SMILES string of the molecule is COc1ccc(C(=O)N2CCCC(CN)C2)cc1Br. The summed E-state index contributed by atoms with van der Waals surface area (Å²) in [5, 5.41) is 0. The smallest absolute Gasteiger partial charge is 0.253 e. The molecule has 1 aliphatic rings. The number of ether oxygens (including phenoxy) is 1. The average Bonchev–Trinajstić information content (AvgIpc) is 2.46. The van der Waals surface area contributed by atoms with Gasteiger partial charge in [0, 0.05) is 18.7 Å². The molecule has 5 heteroatoms. The molecule has 19 heavy (non-hydrogen) atoms. The normalized spacial score (nSPS) is 19.3. The summed E-state index contributed by atoms with van der Waals surface area (Å²) in [4.78, 5) is 14.3. The second kappa shape index (κ2) is 6.39. The maximum absolute atomic E-state index is 12.4. The predicted octanol–water partition coefficient (Wildman–Crippen LogP) is 2.27. The van der Waals surface area contributed by atoms with Gasteiger partial charge in [-0.25, -0.2) is 0 Å². The van der Waals surface area contributed by atoms with Crippen LogP contribution in [0.5, 0.6) is 5.75 Å². The zero-order valence-electron chi connectivity index (χ0n) is 11.1. The minimum absolute atomic E-state index is 0.0708. The molecule has 2 rings (SSSR count). The first kappa shape index (κ1) is 14.3. The number of methoxy groups -OCH3 is 1. The summed E-state index contributed by atoms with van der Waals surface area (Å²) >= 11 is 3.41. The number of piperidine rings is 1. The molecule has 0 aromatic heterocycles. The van der Waals surface area contributed by atoms with Gasteiger partial charge in [0.2, 0.25) is 0 Å². The Bertz CT molecular complexity index is 465. The van der Waals surface area contributed by atoms with Crippen LogP contribution in [0.2, 0.25) is 0 Å². The summed E-state index contributed by atoms with van der Waals surface area (Å²) in [7, 11) is 1.61. The zero-order chi connectivity index (χ0) is 13.8. The van der Waals surface area contributed by atoms with E-state index in [0.29, 0.717) is 18.0 Å². The number of hydrogen-bond donors (Lipinski definition) is 1. The van der Waals surface area contributed by atoms with Crippen LogP contribution in [0.3, 0.4) is 0 Å². The summed E-state index contributed by atoms with van der Waals surface area (Å²) in [5.41, 5.74) is 6.39. The zero-order valence-corrected chi connectivity index (χ0v) is 12.6. The molecule has 1 unspecified atom stereocenters. The van der Waals surface area contributed by atoms with E-state index in [1.54, 1.807) is 13.2 Å². The van der Waals surface area contributed by atoms with Crippen molar-refractivity contribution in [2.24, 2.45) is 11.7 Å². The molecule has 1 aromatic carbocycles. The fraction of sp³-hybridized carbons (Fsp3) is 0.500. The van der Waals surface area contributed by atoms with E-state index >= 15 is 0 Å². The van der Waals surface area contributed by atoms with Gasteiger partial charge in [0.05, 0.1) is 11.6 Å². The molecular weight excluding hydrogens is 308 g/mol. The first-order valence-corrected chi connectivity index (χ1v) is 7.28. The molecule has 2 N–H and O–H groups in total. The molecule has 0 saturated carbocycles. The Balaban J connectivity index is 2.12. The van der Waals surface area contributed by atoms with Crippen LogP contribution in [0, 0.1) is 5.92 Å². The van der Waals surface area contributed by atoms with Crippen molar-refractivity contribution in [3.05, 3.63) is 28.2 Å². The van der Waals surface area contributed by atoms with E-state index in [-0.39, 0.29) is 5.91 Å². The maximum Gasteiger partial charge on any atom is 0.253 e. The van der Waals surface area contributed by atoms with Gasteiger partial charge in [-0.2, -0.15) is 0 Å². The van der Waals surface area contributed by atoms with Crippen molar-refractivity contribution >= 4 is 21.8 Å². The van der Waals surface area contributed by atoms with Gasteiger partial charge in [0.15, 0.2) is 0 Å². The predicted molar refractivity (Wildman–Crippen MR) is 78.4 cm³/mol. The van der Waals surface area contributed by atoms with Gasteiger partial charge < -0.3 is 15.4 Å². The number of likely N-dealkylation sites (tertiary alicyclic amines) is 1. The number of benzene rings is 1. The number of nitrogens with zero attached hydrogens (tertiary/aromatic N) is 1. The molecule has 0 radical (unpaired) electrons. The second-order valence-electron chi connectivity index (χ2n) is 4.84. The van der Waals surface area contributed by atoms with Crippen molar-refractivity contribution in [1.82, 2.24) is 4.90 Å². The Morgan fingerprint density at radius 1 is 1.58 bits per heavy atom. The van der Waals surface area contributed by atoms with Gasteiger partial charge in [-0.15, -0.1) is 0 Å². The molecule has 1 amide bonds. The van der Waals surface area contributed by atoms with Crippen LogP contribution in [-0.2, 0) is 0 Å². The molecule has 1 aromatic rings. The Hall–Kier alpha value is -1.07. The summed E-state index contributed by atoms with van der Waals surface area (Å²) < 4.78 is 5.97. The first-order valence-electron chi connectivity index (χ1n) is 6.48. The van der Waals surface area contributed by atoms with E-state index in [9.17, 15) is 4.79 Å². The monoisotopic (exact) mass is 326 g/mol. The molecule has 1 aliphatic heterocycles. The van der Waals surface area contributed by atoms with E-state index in [4.69, 9.17) is 10.5 Å². The van der Waals surface area contributed by atoms with Crippen molar-refractivity contribution in [3.63, 3.8) is 0 Å². The van der Waals surface area contributed by atoms with Crippen molar-refractivity contribution in [2.75, 3.05) is 26.7 Å². The molecule has 1 fully saturated rings. The highest BCUT2D eigenvalue weighted by molar-refractivity contribution is 9.10. The standard InChI is InChI=1S/C14H19BrN2O2/c1-19-13-5-4-11(7-12(13)15)14(18)17-6-2-3-10(8-16)9-17/h4-5,7,10H,2-3,6,8-9,16H2,1H3. The van der Waals surface area contributed by atoms with Gasteiger partial charge >= 0.3 is 0 Å². The van der Waals surface area contributed by atoms with Crippen molar-refractivity contribution in [3.8, 4) is 5.75 Å². The van der Waals surface area contributed by atoms with Crippen molar-refractivity contribution < 1.29 is 9.53 Å². The Morgan fingerprint density at radius 3 is 3.00 bits per heavy atom. The fourth-order valence-electron chi connectivity index (χ4n) is 2.42. The lowest BCUT2D eigenvalue weighted by Crippen LogP contribution is -2.42. The number of nitrogens with two attached hydrogens (primary N) is 1. The number of carbonyl (C=O) groups excluding carboxylic acids is 1. The third-order valence-corrected chi connectivity index (χ3v) is 4.16. The van der Waals surface area contributed by atoms with Gasteiger partial charge in [0.25, 0.3) is 5.91 Å². The highest BCUT2D eigenvalue weighted by Gasteiger charge is 2.23. The van der Waals surface area contributed by atoms with Crippen LogP contribution in [0.1, 0.15) is 23.2 Å². The topological polar surface area (TPSA) is 55.6 Å². The lowest BCUT2D eigenvalue weighted by Gasteiger charge is -2.32. The van der Waals surface area contributed by atoms with Crippen LogP contribution < -0.4 is 10.5 Å². The van der Waals surface area contributed by atoms with E-state index < -0.39 is 0 Å².